The van der Waals surface area contributed by atoms with Crippen LogP contribution in [-0.2, 0) is 14.5 Å². The fraction of sp³-hybridized carbons (Fsp3) is 0.357. The Labute approximate surface area is 394 Å². The topological polar surface area (TPSA) is 101 Å². The molecule has 2 atom stereocenters. The molecule has 0 saturated heterocycles. The molecule has 8 nitrogen and oxygen atoms in total. The molecule has 0 aliphatic heterocycles. The summed E-state index contributed by atoms with van der Waals surface area (Å²) in [6, 6.07) is 41.0. The number of hydrogen-bond acceptors (Lipinski definition) is 4. The average Bonchev–Trinajstić information content (AvgIpc) is 3.27. The highest BCUT2D eigenvalue weighted by Crippen LogP contribution is 2.52. The first kappa shape index (κ1) is 48.5. The molecule has 348 valence electrons. The van der Waals surface area contributed by atoms with Crippen molar-refractivity contribution in [3.8, 4) is 11.5 Å². The van der Waals surface area contributed by atoms with Crippen LogP contribution < -0.4 is 29.4 Å². The second-order valence-electron chi connectivity index (χ2n) is 18.6. The van der Waals surface area contributed by atoms with E-state index in [9.17, 15) is 0 Å². The zero-order valence-electron chi connectivity index (χ0n) is 40.4. The lowest BCUT2D eigenvalue weighted by Gasteiger charge is -2.36. The summed E-state index contributed by atoms with van der Waals surface area (Å²) in [4.78, 5) is 0. The lowest BCUT2D eigenvalue weighted by atomic mass is 9.67. The molecule has 0 heterocycles. The lowest BCUT2D eigenvalue weighted by molar-refractivity contribution is 0.383. The summed E-state index contributed by atoms with van der Waals surface area (Å²) in [7, 11) is -7.54. The predicted octanol–water partition coefficient (Wildman–Crippen LogP) is 17.2. The van der Waals surface area contributed by atoms with Gasteiger partial charge in [0, 0.05) is 28.2 Å². The van der Waals surface area contributed by atoms with Crippen molar-refractivity contribution in [3.63, 3.8) is 0 Å². The molecule has 4 N–H and O–H groups in total. The lowest BCUT2D eigenvalue weighted by Crippen LogP contribution is -2.28. The minimum atomic E-state index is -3.77. The van der Waals surface area contributed by atoms with Crippen molar-refractivity contribution in [3.05, 3.63) is 177 Å². The molecule has 1 saturated carbocycles. The van der Waals surface area contributed by atoms with Gasteiger partial charge in [-0.05, 0) is 148 Å². The molecule has 7 rings (SSSR count). The van der Waals surface area contributed by atoms with Crippen molar-refractivity contribution >= 4 is 38.1 Å². The zero-order chi connectivity index (χ0) is 46.9. The normalized spacial score (nSPS) is 16.3. The van der Waals surface area contributed by atoms with Crippen LogP contribution >= 0.6 is 15.3 Å². The summed E-state index contributed by atoms with van der Waals surface area (Å²) < 4.78 is 43.3. The van der Waals surface area contributed by atoms with Gasteiger partial charge in [-0.3, -0.25) is 20.3 Å². The highest BCUT2D eigenvalue weighted by atomic mass is 31.2. The Morgan fingerprint density at radius 3 is 0.939 bits per heavy atom. The van der Waals surface area contributed by atoms with Crippen LogP contribution in [0.2, 0.25) is 0 Å². The predicted molar refractivity (Wildman–Crippen MR) is 279 cm³/mol. The van der Waals surface area contributed by atoms with Crippen molar-refractivity contribution in [2.75, 3.05) is 20.3 Å². The third kappa shape index (κ3) is 11.7. The molecule has 0 amide bonds. The summed E-state index contributed by atoms with van der Waals surface area (Å²) in [5, 5.41) is 13.4. The minimum absolute atomic E-state index is 0.278. The molecule has 1 aliphatic carbocycles. The number of para-hydroxylation sites is 4. The number of rotatable bonds is 14. The number of anilines is 4. The van der Waals surface area contributed by atoms with E-state index in [4.69, 9.17) is 9.05 Å². The Morgan fingerprint density at radius 2 is 0.636 bits per heavy atom. The van der Waals surface area contributed by atoms with Gasteiger partial charge in [0.1, 0.15) is 11.5 Å². The number of hydrogen-bond donors (Lipinski definition) is 4. The van der Waals surface area contributed by atoms with Crippen LogP contribution in [0, 0.1) is 55.4 Å². The molecule has 10 heteroatoms. The van der Waals surface area contributed by atoms with E-state index < -0.39 is 15.3 Å². The van der Waals surface area contributed by atoms with Gasteiger partial charge in [-0.2, -0.15) is 0 Å². The van der Waals surface area contributed by atoms with Crippen molar-refractivity contribution < 1.29 is 18.2 Å². The van der Waals surface area contributed by atoms with Crippen LogP contribution in [0.4, 0.5) is 22.7 Å². The van der Waals surface area contributed by atoms with Crippen molar-refractivity contribution in [1.82, 2.24) is 0 Å². The largest absolute Gasteiger partial charge is 0.444 e. The first-order valence-electron chi connectivity index (χ1n) is 23.9. The Bertz CT molecular complexity index is 2320. The van der Waals surface area contributed by atoms with Gasteiger partial charge in [0.05, 0.1) is 0 Å². The Balaban J connectivity index is 1.24. The SMILES string of the molecule is Cc1cccc(C)c1NP(=O)(Nc1ccc(C2(c3ccc(NP(=O)(Nc4c(C)cccc4C)Oc4c(C)cccc4C)cc3)CCCCCCCCCCC2)cc1)Oc1c(C)cccc1C. The van der Waals surface area contributed by atoms with Crippen LogP contribution in [0.5, 0.6) is 11.5 Å². The third-order valence-electron chi connectivity index (χ3n) is 13.4. The van der Waals surface area contributed by atoms with E-state index >= 15 is 9.13 Å². The summed E-state index contributed by atoms with van der Waals surface area (Å²) in [6.45, 7) is 16.0. The molecule has 0 aromatic heterocycles. The zero-order valence-corrected chi connectivity index (χ0v) is 42.1. The van der Waals surface area contributed by atoms with Crippen LogP contribution in [0.25, 0.3) is 0 Å². The van der Waals surface area contributed by atoms with Crippen molar-refractivity contribution in [2.45, 2.75) is 131 Å². The van der Waals surface area contributed by atoms with Crippen LogP contribution in [0.1, 0.15) is 126 Å². The van der Waals surface area contributed by atoms with Gasteiger partial charge < -0.3 is 9.05 Å². The first-order valence-corrected chi connectivity index (χ1v) is 27.1. The highest BCUT2D eigenvalue weighted by molar-refractivity contribution is 7.62. The smallest absolute Gasteiger partial charge is 0.413 e. The Hall–Kier alpha value is -5.42. The van der Waals surface area contributed by atoms with Crippen LogP contribution in [-0.4, -0.2) is 0 Å². The van der Waals surface area contributed by atoms with Gasteiger partial charge in [0.15, 0.2) is 0 Å². The Morgan fingerprint density at radius 1 is 0.364 bits per heavy atom. The summed E-state index contributed by atoms with van der Waals surface area (Å²) in [6.07, 6.45) is 13.0. The second kappa shape index (κ2) is 21.5. The molecule has 0 radical (unpaired) electrons. The second-order valence-corrected chi connectivity index (χ2v) is 22.1. The molecule has 1 fully saturated rings. The summed E-state index contributed by atoms with van der Waals surface area (Å²) in [5.74, 6) is 1.20. The summed E-state index contributed by atoms with van der Waals surface area (Å²) >= 11 is 0. The van der Waals surface area contributed by atoms with E-state index in [1.54, 1.807) is 0 Å². The fourth-order valence-corrected chi connectivity index (χ4v) is 13.3. The minimum Gasteiger partial charge on any atom is -0.413 e. The van der Waals surface area contributed by atoms with Crippen LogP contribution in [0.15, 0.2) is 121 Å². The number of nitrogens with one attached hydrogen (secondary N) is 4. The van der Waals surface area contributed by atoms with Crippen LogP contribution in [0.3, 0.4) is 0 Å². The maximum absolute atomic E-state index is 15.1. The maximum Gasteiger partial charge on any atom is 0.444 e. The molecular formula is C56H70N4O4P2. The van der Waals surface area contributed by atoms with Gasteiger partial charge in [-0.25, -0.2) is 9.13 Å². The quantitative estimate of drug-likeness (QED) is 0.0802. The molecular weight excluding hydrogens is 855 g/mol. The monoisotopic (exact) mass is 924 g/mol. The number of benzene rings is 6. The van der Waals surface area contributed by atoms with E-state index in [2.05, 4.69) is 68.9 Å². The standard InChI is InChI=1S/C56H70N4O4P2/c1-40-22-18-23-41(2)52(40)59-65(61,63-54-44(5)26-20-27-45(54)6)57-50-34-30-48(31-35-50)56(38-16-14-12-10-9-11-13-15-17-39-56)49-32-36-51(37-33-49)58-66(62,60-53-42(3)24-19-25-43(53)4)64-55-46(7)28-21-29-47(55)8/h18-37H,9-17,38-39H2,1-8H3,(H2,57,59,61)(H2,58,60,62). The first-order chi connectivity index (χ1) is 31.7. The average molecular weight is 925 g/mol. The van der Waals surface area contributed by atoms with Crippen molar-refractivity contribution in [2.24, 2.45) is 0 Å². The van der Waals surface area contributed by atoms with E-state index in [-0.39, 0.29) is 5.41 Å². The molecule has 66 heavy (non-hydrogen) atoms. The highest BCUT2D eigenvalue weighted by Gasteiger charge is 2.35. The molecule has 6 aromatic rings. The third-order valence-corrected chi connectivity index (χ3v) is 16.4. The van der Waals surface area contributed by atoms with E-state index in [0.29, 0.717) is 22.9 Å². The van der Waals surface area contributed by atoms with Gasteiger partial charge >= 0.3 is 15.3 Å². The van der Waals surface area contributed by atoms with Gasteiger partial charge in [0.2, 0.25) is 0 Å². The molecule has 6 aromatic carbocycles. The summed E-state index contributed by atoms with van der Waals surface area (Å²) in [5.41, 5.74) is 12.7. The molecule has 0 spiro atoms. The number of aryl methyl sites for hydroxylation is 8. The van der Waals surface area contributed by atoms with E-state index in [0.717, 1.165) is 81.6 Å². The Kier molecular flexibility index (Phi) is 15.8. The van der Waals surface area contributed by atoms with Gasteiger partial charge in [0.25, 0.3) is 0 Å². The van der Waals surface area contributed by atoms with Gasteiger partial charge in [-0.1, -0.05) is 155 Å². The van der Waals surface area contributed by atoms with Gasteiger partial charge in [-0.15, -0.1) is 0 Å². The fourth-order valence-electron chi connectivity index (χ4n) is 9.59. The maximum atomic E-state index is 15.1. The van der Waals surface area contributed by atoms with Crippen molar-refractivity contribution in [1.29, 1.82) is 0 Å². The van der Waals surface area contributed by atoms with E-state index in [1.165, 1.54) is 56.1 Å². The van der Waals surface area contributed by atoms with E-state index in [1.807, 2.05) is 128 Å². The molecule has 1 aliphatic rings. The molecule has 0 bridgehead atoms. The molecule has 2 unspecified atom stereocenters.